The number of nitrogens with zero attached hydrogens (tertiary/aromatic N) is 4. The van der Waals surface area contributed by atoms with Gasteiger partial charge in [0.05, 0.1) is 11.8 Å². The minimum atomic E-state index is -0.604. The van der Waals surface area contributed by atoms with Crippen molar-refractivity contribution >= 4 is 61.7 Å². The maximum Gasteiger partial charge on any atom is 0.408 e. The Kier molecular flexibility index (Phi) is 7.78. The summed E-state index contributed by atoms with van der Waals surface area (Å²) in [7, 11) is 0. The number of aromatic nitrogens is 4. The summed E-state index contributed by atoms with van der Waals surface area (Å²) in [5, 5.41) is 18.7. The molecule has 172 valence electrons. The van der Waals surface area contributed by atoms with Gasteiger partial charge in [-0.2, -0.15) is 4.52 Å². The Labute approximate surface area is 202 Å². The molecule has 0 aliphatic rings. The average Bonchev–Trinajstić information content (AvgIpc) is 3.25. The number of thioether (sulfide) groups is 1. The molecule has 0 aliphatic heterocycles. The molecule has 2 aromatic heterocycles. The smallest absolute Gasteiger partial charge is 0.408 e. The molecule has 3 rings (SSSR count). The first-order valence-corrected chi connectivity index (χ1v) is 12.5. The standard InChI is InChI=1S/C20H25BrN6O3S2/c1-11(2)15(23-18(29)30-20(3,4)5)16-24-25-17-27(16)26-19(32-17)31-10-14(28)22-13-8-6-12(21)7-9-13/h6-9,11,15H,10H2,1-5H3,(H,22,28)(H,23,29). The van der Waals surface area contributed by atoms with Crippen LogP contribution < -0.4 is 10.6 Å². The number of anilines is 1. The molecule has 1 atom stereocenters. The number of alkyl carbamates (subject to hydrolysis) is 1. The molecule has 2 N–H and O–H groups in total. The second kappa shape index (κ2) is 10.2. The van der Waals surface area contributed by atoms with Crippen molar-refractivity contribution in [1.29, 1.82) is 0 Å². The van der Waals surface area contributed by atoms with E-state index < -0.39 is 17.7 Å². The van der Waals surface area contributed by atoms with Gasteiger partial charge in [-0.25, -0.2) is 4.79 Å². The molecule has 0 bridgehead atoms. The Morgan fingerprint density at radius 3 is 2.53 bits per heavy atom. The number of benzene rings is 1. The molecule has 12 heteroatoms. The minimum absolute atomic E-state index is 0.0319. The van der Waals surface area contributed by atoms with Crippen molar-refractivity contribution < 1.29 is 14.3 Å². The molecule has 0 spiro atoms. The monoisotopic (exact) mass is 540 g/mol. The van der Waals surface area contributed by atoms with Gasteiger partial charge in [-0.3, -0.25) is 4.79 Å². The first-order chi connectivity index (χ1) is 15.0. The zero-order chi connectivity index (χ0) is 23.5. The lowest BCUT2D eigenvalue weighted by molar-refractivity contribution is -0.113. The number of halogens is 1. The molecule has 2 amide bonds. The highest BCUT2D eigenvalue weighted by molar-refractivity contribution is 9.10. The van der Waals surface area contributed by atoms with E-state index in [-0.39, 0.29) is 17.6 Å². The number of carbonyl (C=O) groups excluding carboxylic acids is 2. The zero-order valence-corrected chi connectivity index (χ0v) is 21.6. The van der Waals surface area contributed by atoms with Gasteiger partial charge in [0.2, 0.25) is 10.9 Å². The molecular formula is C20H25BrN6O3S2. The molecule has 32 heavy (non-hydrogen) atoms. The Morgan fingerprint density at radius 2 is 1.91 bits per heavy atom. The van der Waals surface area contributed by atoms with Gasteiger partial charge in [0, 0.05) is 10.2 Å². The lowest BCUT2D eigenvalue weighted by Crippen LogP contribution is -2.37. The van der Waals surface area contributed by atoms with E-state index in [1.54, 1.807) is 4.52 Å². The fourth-order valence-electron chi connectivity index (χ4n) is 2.69. The number of hydrogen-bond donors (Lipinski definition) is 2. The van der Waals surface area contributed by atoms with Gasteiger partial charge in [-0.1, -0.05) is 52.9 Å². The largest absolute Gasteiger partial charge is 0.444 e. The zero-order valence-electron chi connectivity index (χ0n) is 18.4. The minimum Gasteiger partial charge on any atom is -0.444 e. The van der Waals surface area contributed by atoms with Crippen LogP contribution in [-0.4, -0.2) is 43.2 Å². The Morgan fingerprint density at radius 1 is 1.22 bits per heavy atom. The summed E-state index contributed by atoms with van der Waals surface area (Å²) in [5.74, 6) is 0.627. The normalized spacial score (nSPS) is 12.7. The maximum atomic E-state index is 12.3. The summed E-state index contributed by atoms with van der Waals surface area (Å²) < 4.78 is 8.62. The molecular weight excluding hydrogens is 516 g/mol. The van der Waals surface area contributed by atoms with Crippen LogP contribution >= 0.6 is 39.0 Å². The van der Waals surface area contributed by atoms with Gasteiger partial charge < -0.3 is 15.4 Å². The highest BCUT2D eigenvalue weighted by Gasteiger charge is 2.28. The third-order valence-corrected chi connectivity index (χ3v) is 6.63. The summed E-state index contributed by atoms with van der Waals surface area (Å²) in [6.45, 7) is 9.37. The first-order valence-electron chi connectivity index (χ1n) is 9.91. The van der Waals surface area contributed by atoms with E-state index in [1.807, 2.05) is 58.9 Å². The topological polar surface area (TPSA) is 111 Å². The van der Waals surface area contributed by atoms with E-state index in [9.17, 15) is 9.59 Å². The first kappa shape index (κ1) is 24.5. The summed E-state index contributed by atoms with van der Waals surface area (Å²) >= 11 is 6.02. The number of carbonyl (C=O) groups is 2. The second-order valence-electron chi connectivity index (χ2n) is 8.33. The fraction of sp³-hybridized carbons (Fsp3) is 0.450. The predicted molar refractivity (Wildman–Crippen MR) is 129 cm³/mol. The van der Waals surface area contributed by atoms with Gasteiger partial charge in [0.15, 0.2) is 10.2 Å². The van der Waals surface area contributed by atoms with E-state index in [2.05, 4.69) is 41.9 Å². The molecule has 0 radical (unpaired) electrons. The number of fused-ring (bicyclic) bond motifs is 1. The van der Waals surface area contributed by atoms with Crippen LogP contribution in [0, 0.1) is 5.92 Å². The predicted octanol–water partition coefficient (Wildman–Crippen LogP) is 4.90. The summed E-state index contributed by atoms with van der Waals surface area (Å²) in [4.78, 5) is 25.1. The molecule has 0 saturated carbocycles. The van der Waals surface area contributed by atoms with Crippen molar-refractivity contribution in [1.82, 2.24) is 25.1 Å². The van der Waals surface area contributed by atoms with Crippen molar-refractivity contribution in [3.63, 3.8) is 0 Å². The van der Waals surface area contributed by atoms with Crippen molar-refractivity contribution in [3.05, 3.63) is 34.6 Å². The third kappa shape index (κ3) is 6.66. The molecule has 0 saturated heterocycles. The van der Waals surface area contributed by atoms with E-state index in [1.165, 1.54) is 23.1 Å². The Hall–Kier alpha value is -2.18. The lowest BCUT2D eigenvalue weighted by Gasteiger charge is -2.24. The summed E-state index contributed by atoms with van der Waals surface area (Å²) in [5.41, 5.74) is 0.125. The van der Waals surface area contributed by atoms with Gasteiger partial charge in [-0.05, 0) is 51.0 Å². The van der Waals surface area contributed by atoms with Crippen LogP contribution in [0.5, 0.6) is 0 Å². The average molecular weight is 541 g/mol. The van der Waals surface area contributed by atoms with Crippen LogP contribution in [0.25, 0.3) is 4.96 Å². The van der Waals surface area contributed by atoms with Crippen LogP contribution in [0.15, 0.2) is 33.1 Å². The highest BCUT2D eigenvalue weighted by atomic mass is 79.9. The van der Waals surface area contributed by atoms with E-state index >= 15 is 0 Å². The van der Waals surface area contributed by atoms with Gasteiger partial charge in [0.1, 0.15) is 5.60 Å². The third-order valence-electron chi connectivity index (χ3n) is 4.07. The van der Waals surface area contributed by atoms with Gasteiger partial charge in [-0.15, -0.1) is 15.3 Å². The van der Waals surface area contributed by atoms with Crippen molar-refractivity contribution in [2.75, 3.05) is 11.1 Å². The quantitative estimate of drug-likeness (QED) is 0.410. The Balaban J connectivity index is 1.67. The van der Waals surface area contributed by atoms with Crippen molar-refractivity contribution in [2.45, 2.75) is 50.6 Å². The van der Waals surface area contributed by atoms with Crippen LogP contribution in [0.1, 0.15) is 46.5 Å². The number of nitrogens with one attached hydrogen (secondary N) is 2. The Bertz CT molecular complexity index is 1090. The number of ether oxygens (including phenoxy) is 1. The number of hydrogen-bond acceptors (Lipinski definition) is 8. The molecule has 2 heterocycles. The number of rotatable bonds is 7. The van der Waals surface area contributed by atoms with E-state index in [0.29, 0.717) is 15.1 Å². The van der Waals surface area contributed by atoms with Gasteiger partial charge in [0.25, 0.3) is 0 Å². The SMILES string of the molecule is CC(C)C(NC(=O)OC(C)(C)C)c1nnc2sc(SCC(=O)Nc3ccc(Br)cc3)nn12. The van der Waals surface area contributed by atoms with Crippen LogP contribution in [0.3, 0.4) is 0 Å². The summed E-state index contributed by atoms with van der Waals surface area (Å²) in [6, 6.07) is 6.95. The molecule has 0 aliphatic carbocycles. The van der Waals surface area contributed by atoms with Crippen LogP contribution in [0.4, 0.5) is 10.5 Å². The molecule has 0 fully saturated rings. The highest BCUT2D eigenvalue weighted by Crippen LogP contribution is 2.28. The summed E-state index contributed by atoms with van der Waals surface area (Å²) in [6.07, 6.45) is -0.526. The lowest BCUT2D eigenvalue weighted by atomic mass is 10.0. The molecule has 1 unspecified atom stereocenters. The van der Waals surface area contributed by atoms with Crippen molar-refractivity contribution in [3.8, 4) is 0 Å². The van der Waals surface area contributed by atoms with E-state index in [0.717, 1.165) is 10.2 Å². The second-order valence-corrected chi connectivity index (χ2v) is 11.4. The van der Waals surface area contributed by atoms with Crippen molar-refractivity contribution in [2.24, 2.45) is 5.92 Å². The molecule has 1 aromatic carbocycles. The molecule has 9 nitrogen and oxygen atoms in total. The maximum absolute atomic E-state index is 12.3. The fourth-order valence-corrected chi connectivity index (χ4v) is 4.64. The van der Waals surface area contributed by atoms with Crippen LogP contribution in [-0.2, 0) is 9.53 Å². The number of amides is 2. The van der Waals surface area contributed by atoms with Crippen LogP contribution in [0.2, 0.25) is 0 Å². The van der Waals surface area contributed by atoms with E-state index in [4.69, 9.17) is 4.74 Å². The van der Waals surface area contributed by atoms with Gasteiger partial charge >= 0.3 is 6.09 Å². The molecule has 3 aromatic rings.